The molecule has 1 aliphatic heterocycles. The van der Waals surface area contributed by atoms with Gasteiger partial charge in [-0.05, 0) is 66.0 Å². The summed E-state index contributed by atoms with van der Waals surface area (Å²) in [5.41, 5.74) is 3.51. The van der Waals surface area contributed by atoms with Crippen molar-refractivity contribution < 1.29 is 22.6 Å². The van der Waals surface area contributed by atoms with Crippen molar-refractivity contribution in [1.29, 1.82) is 0 Å². The molecule has 5 heteroatoms. The predicted octanol–water partition coefficient (Wildman–Crippen LogP) is 11.2. The lowest BCUT2D eigenvalue weighted by Gasteiger charge is -2.29. The predicted molar refractivity (Wildman–Crippen MR) is 166 cm³/mol. The first-order valence-electron chi connectivity index (χ1n) is 16.1. The minimum Gasteiger partial charge on any atom is -0.353 e. The molecule has 0 aliphatic carbocycles. The Balaban J connectivity index is 1.32. The summed E-state index contributed by atoms with van der Waals surface area (Å²) in [7, 11) is 0. The van der Waals surface area contributed by atoms with Crippen LogP contribution in [0.15, 0.2) is 54.6 Å². The van der Waals surface area contributed by atoms with Crippen LogP contribution in [0.3, 0.4) is 0 Å². The molecule has 1 aliphatic rings. The van der Waals surface area contributed by atoms with E-state index in [-0.39, 0.29) is 23.6 Å². The highest BCUT2D eigenvalue weighted by Gasteiger charge is 2.25. The smallest absolute Gasteiger partial charge is 0.166 e. The number of hydrogen-bond donors (Lipinski definition) is 0. The van der Waals surface area contributed by atoms with E-state index in [1.54, 1.807) is 30.3 Å². The Morgan fingerprint density at radius 2 is 1.36 bits per heavy atom. The first kappa shape index (κ1) is 32.3. The molecular weight excluding hydrogens is 533 g/mol. The standard InChI is InChI=1S/C37H47F3O2/c1-3-5-7-8-9-10-11-12-13-29-18-22-33(37(40)36(29)39)28-16-14-27(15-17-28)30-19-21-32(34(38)25-30)31-20-23-35(42-26-31)41-24-6-4-2/h14-19,21-22,25,31,35H,3-13,20,23-24,26H2,1-2H3. The summed E-state index contributed by atoms with van der Waals surface area (Å²) < 4.78 is 56.7. The topological polar surface area (TPSA) is 18.5 Å². The van der Waals surface area contributed by atoms with Crippen molar-refractivity contribution in [3.63, 3.8) is 0 Å². The van der Waals surface area contributed by atoms with Crippen LogP contribution < -0.4 is 0 Å². The molecule has 0 radical (unpaired) electrons. The Labute approximate surface area is 250 Å². The van der Waals surface area contributed by atoms with Gasteiger partial charge in [0, 0.05) is 18.1 Å². The zero-order valence-electron chi connectivity index (χ0n) is 25.4. The molecule has 2 unspecified atom stereocenters. The molecule has 2 nitrogen and oxygen atoms in total. The highest BCUT2D eigenvalue weighted by Crippen LogP contribution is 2.34. The van der Waals surface area contributed by atoms with Crippen molar-refractivity contribution in [1.82, 2.24) is 0 Å². The monoisotopic (exact) mass is 580 g/mol. The molecule has 4 rings (SSSR count). The molecule has 3 aromatic rings. The largest absolute Gasteiger partial charge is 0.353 e. The van der Waals surface area contributed by atoms with Gasteiger partial charge in [0.1, 0.15) is 5.82 Å². The molecule has 0 amide bonds. The summed E-state index contributed by atoms with van der Waals surface area (Å²) in [5.74, 6) is -1.80. The molecule has 228 valence electrons. The first-order valence-corrected chi connectivity index (χ1v) is 16.1. The van der Waals surface area contributed by atoms with Crippen molar-refractivity contribution in [3.05, 3.63) is 83.2 Å². The van der Waals surface area contributed by atoms with E-state index in [1.807, 2.05) is 24.3 Å². The van der Waals surface area contributed by atoms with Gasteiger partial charge in [-0.2, -0.15) is 0 Å². The molecule has 0 saturated carbocycles. The normalized spacial score (nSPS) is 17.1. The maximum Gasteiger partial charge on any atom is 0.166 e. The van der Waals surface area contributed by atoms with E-state index in [0.717, 1.165) is 56.1 Å². The number of rotatable bonds is 16. The van der Waals surface area contributed by atoms with Crippen LogP contribution in [0.25, 0.3) is 22.3 Å². The van der Waals surface area contributed by atoms with Crippen LogP contribution in [0.4, 0.5) is 13.2 Å². The molecule has 0 N–H and O–H groups in total. The summed E-state index contributed by atoms with van der Waals surface area (Å²) in [6.45, 7) is 5.48. The van der Waals surface area contributed by atoms with Crippen molar-refractivity contribution in [3.8, 4) is 22.3 Å². The maximum absolute atomic E-state index is 15.2. The number of halogens is 3. The Morgan fingerprint density at radius 1 is 0.690 bits per heavy atom. The quantitative estimate of drug-likeness (QED) is 0.157. The van der Waals surface area contributed by atoms with Gasteiger partial charge in [-0.3, -0.25) is 0 Å². The van der Waals surface area contributed by atoms with E-state index < -0.39 is 11.6 Å². The third kappa shape index (κ3) is 8.94. The van der Waals surface area contributed by atoms with E-state index in [4.69, 9.17) is 9.47 Å². The summed E-state index contributed by atoms with van der Waals surface area (Å²) in [5, 5.41) is 0. The number of benzene rings is 3. The van der Waals surface area contributed by atoms with Crippen LogP contribution >= 0.6 is 0 Å². The zero-order chi connectivity index (χ0) is 29.7. The summed E-state index contributed by atoms with van der Waals surface area (Å²) in [4.78, 5) is 0. The van der Waals surface area contributed by atoms with Crippen LogP contribution in [-0.4, -0.2) is 19.5 Å². The van der Waals surface area contributed by atoms with Crippen LogP contribution in [0, 0.1) is 17.5 Å². The van der Waals surface area contributed by atoms with E-state index in [2.05, 4.69) is 13.8 Å². The average Bonchev–Trinajstić information content (AvgIpc) is 3.01. The molecular formula is C37H47F3O2. The van der Waals surface area contributed by atoms with E-state index in [0.29, 0.717) is 36.3 Å². The molecule has 3 aromatic carbocycles. The van der Waals surface area contributed by atoms with Crippen LogP contribution in [0.2, 0.25) is 0 Å². The summed E-state index contributed by atoms with van der Waals surface area (Å²) in [6, 6.07) is 15.9. The number of ether oxygens (including phenoxy) is 2. The van der Waals surface area contributed by atoms with Crippen molar-refractivity contribution >= 4 is 0 Å². The van der Waals surface area contributed by atoms with E-state index in [9.17, 15) is 4.39 Å². The summed E-state index contributed by atoms with van der Waals surface area (Å²) in [6.07, 6.45) is 13.4. The molecule has 1 fully saturated rings. The van der Waals surface area contributed by atoms with Crippen molar-refractivity contribution in [2.45, 2.75) is 110 Å². The van der Waals surface area contributed by atoms with Crippen LogP contribution in [0.1, 0.15) is 108 Å². The Morgan fingerprint density at radius 3 is 2.02 bits per heavy atom. The maximum atomic E-state index is 15.2. The van der Waals surface area contributed by atoms with Gasteiger partial charge < -0.3 is 9.47 Å². The summed E-state index contributed by atoms with van der Waals surface area (Å²) >= 11 is 0. The van der Waals surface area contributed by atoms with Crippen LogP contribution in [0.5, 0.6) is 0 Å². The minimum atomic E-state index is -0.803. The van der Waals surface area contributed by atoms with Gasteiger partial charge in [-0.1, -0.05) is 114 Å². The molecule has 0 bridgehead atoms. The highest BCUT2D eigenvalue weighted by atomic mass is 19.2. The Kier molecular flexibility index (Phi) is 13.0. The molecule has 2 atom stereocenters. The zero-order valence-corrected chi connectivity index (χ0v) is 25.4. The molecule has 1 heterocycles. The van der Waals surface area contributed by atoms with Gasteiger partial charge in [-0.25, -0.2) is 13.2 Å². The second kappa shape index (κ2) is 16.9. The Bertz CT molecular complexity index is 1230. The van der Waals surface area contributed by atoms with E-state index >= 15 is 8.78 Å². The number of aryl methyl sites for hydroxylation is 1. The van der Waals surface area contributed by atoms with Gasteiger partial charge in [-0.15, -0.1) is 0 Å². The van der Waals surface area contributed by atoms with Crippen molar-refractivity contribution in [2.75, 3.05) is 13.2 Å². The average molecular weight is 581 g/mol. The van der Waals surface area contributed by atoms with Gasteiger partial charge in [0.25, 0.3) is 0 Å². The van der Waals surface area contributed by atoms with Gasteiger partial charge in [0.15, 0.2) is 17.9 Å². The number of hydrogen-bond acceptors (Lipinski definition) is 2. The lowest BCUT2D eigenvalue weighted by Crippen LogP contribution is -2.27. The molecule has 1 saturated heterocycles. The molecule has 42 heavy (non-hydrogen) atoms. The van der Waals surface area contributed by atoms with Crippen molar-refractivity contribution in [2.24, 2.45) is 0 Å². The SMILES string of the molecule is CCCCCCCCCCc1ccc(-c2ccc(-c3ccc(C4CCC(OCCCC)OC4)c(F)c3)cc2)c(F)c1F. The third-order valence-corrected chi connectivity index (χ3v) is 8.47. The van der Waals surface area contributed by atoms with Gasteiger partial charge >= 0.3 is 0 Å². The fourth-order valence-corrected chi connectivity index (χ4v) is 5.80. The van der Waals surface area contributed by atoms with Gasteiger partial charge in [0.05, 0.1) is 6.61 Å². The first-order chi connectivity index (χ1) is 20.5. The van der Waals surface area contributed by atoms with Crippen LogP contribution in [-0.2, 0) is 15.9 Å². The lowest BCUT2D eigenvalue weighted by molar-refractivity contribution is -0.167. The van der Waals surface area contributed by atoms with Gasteiger partial charge in [0.2, 0.25) is 0 Å². The third-order valence-electron chi connectivity index (χ3n) is 8.47. The minimum absolute atomic E-state index is 0.00356. The number of unbranched alkanes of at least 4 members (excludes halogenated alkanes) is 8. The lowest BCUT2D eigenvalue weighted by atomic mass is 9.91. The fraction of sp³-hybridized carbons (Fsp3) is 0.514. The molecule has 0 aromatic heterocycles. The molecule has 0 spiro atoms. The second-order valence-electron chi connectivity index (χ2n) is 11.7. The highest BCUT2D eigenvalue weighted by molar-refractivity contribution is 5.71. The Hall–Kier alpha value is -2.63. The second-order valence-corrected chi connectivity index (χ2v) is 11.7. The fourth-order valence-electron chi connectivity index (χ4n) is 5.80. The van der Waals surface area contributed by atoms with E-state index in [1.165, 1.54) is 32.1 Å².